The van der Waals surface area contributed by atoms with Crippen LogP contribution in [0.4, 0.5) is 8.78 Å². The number of hydrogen-bond acceptors (Lipinski definition) is 7. The molecule has 0 spiro atoms. The van der Waals surface area contributed by atoms with Crippen molar-refractivity contribution in [3.05, 3.63) is 80.9 Å². The number of rotatable bonds is 5. The van der Waals surface area contributed by atoms with Crippen molar-refractivity contribution in [1.82, 2.24) is 9.97 Å². The van der Waals surface area contributed by atoms with Gasteiger partial charge in [-0.1, -0.05) is 0 Å². The Labute approximate surface area is 220 Å². The molecule has 0 unspecified atom stereocenters. The minimum Gasteiger partial charge on any atom is -0.381 e. The molecule has 3 radical (unpaired) electrons. The second-order valence-electron chi connectivity index (χ2n) is 7.46. The predicted octanol–water partition coefficient (Wildman–Crippen LogP) is 5.88. The van der Waals surface area contributed by atoms with Crippen molar-refractivity contribution < 1.29 is 13.5 Å². The molecule has 4 aromatic rings. The topological polar surface area (TPSA) is 84.8 Å². The highest BCUT2D eigenvalue weighted by Gasteiger charge is 2.05. The van der Waals surface area contributed by atoms with Gasteiger partial charge in [-0.25, -0.2) is 18.7 Å². The van der Waals surface area contributed by atoms with E-state index in [1.54, 1.807) is 35.6 Å². The van der Waals surface area contributed by atoms with Gasteiger partial charge in [-0.3, -0.25) is 0 Å². The van der Waals surface area contributed by atoms with Gasteiger partial charge in [0.15, 0.2) is 0 Å². The van der Waals surface area contributed by atoms with E-state index in [0.29, 0.717) is 13.0 Å². The quantitative estimate of drug-likeness (QED) is 0.330. The van der Waals surface area contributed by atoms with Gasteiger partial charge in [0, 0.05) is 49.9 Å². The molecule has 5 nitrogen and oxygen atoms in total. The first-order valence-corrected chi connectivity index (χ1v) is 12.9. The lowest BCUT2D eigenvalue weighted by Gasteiger charge is -1.95. The van der Waals surface area contributed by atoms with Crippen LogP contribution in [-0.4, -0.2) is 38.1 Å². The molecule has 2 N–H and O–H groups in total. The molecule has 36 heavy (non-hydrogen) atoms. The molecule has 2 aromatic carbocycles. The predicted molar refractivity (Wildman–Crippen MR) is 143 cm³/mol. The summed E-state index contributed by atoms with van der Waals surface area (Å²) in [5.41, 5.74) is 8.95. The Morgan fingerprint density at radius 1 is 0.833 bits per heavy atom. The smallest absolute Gasteiger partial charge is 0.123 e. The third-order valence-corrected chi connectivity index (χ3v) is 6.56. The van der Waals surface area contributed by atoms with E-state index < -0.39 is 0 Å². The summed E-state index contributed by atoms with van der Waals surface area (Å²) in [5, 5.41) is 14.2. The summed E-state index contributed by atoms with van der Waals surface area (Å²) in [6, 6.07) is 14.6. The minimum absolute atomic E-state index is 0. The van der Waals surface area contributed by atoms with Gasteiger partial charge in [-0.15, -0.1) is 22.7 Å². The van der Waals surface area contributed by atoms with Gasteiger partial charge in [0.2, 0.25) is 0 Å². The largest absolute Gasteiger partial charge is 0.381 e. The van der Waals surface area contributed by atoms with Crippen molar-refractivity contribution in [3.8, 4) is 28.6 Å². The summed E-state index contributed by atoms with van der Waals surface area (Å²) in [7, 11) is 0. The molecule has 0 atom stereocenters. The second kappa shape index (κ2) is 15.9. The van der Waals surface area contributed by atoms with Crippen LogP contribution in [-0.2, 0) is 17.6 Å². The van der Waals surface area contributed by atoms with Crippen LogP contribution < -0.4 is 5.73 Å². The molecule has 1 aliphatic rings. The van der Waals surface area contributed by atoms with Crippen LogP contribution in [0, 0.1) is 23.0 Å². The molecule has 2 aromatic heterocycles. The molecule has 0 aliphatic carbocycles. The molecule has 3 heterocycles. The van der Waals surface area contributed by atoms with E-state index in [-0.39, 0.29) is 20.0 Å². The fraction of sp³-hybridized carbons (Fsp3) is 0.269. The maximum atomic E-state index is 12.7. The zero-order valence-electron chi connectivity index (χ0n) is 19.7. The van der Waals surface area contributed by atoms with Gasteiger partial charge < -0.3 is 10.5 Å². The summed E-state index contributed by atoms with van der Waals surface area (Å²) in [6.45, 7) is 2.61. The summed E-state index contributed by atoms with van der Waals surface area (Å²) >= 11 is 3.03. The highest BCUT2D eigenvalue weighted by Crippen LogP contribution is 2.23. The van der Waals surface area contributed by atoms with E-state index in [1.165, 1.54) is 48.4 Å². The van der Waals surface area contributed by atoms with Crippen LogP contribution >= 0.6 is 22.7 Å². The number of hydrogen-bond donors (Lipinski definition) is 1. The van der Waals surface area contributed by atoms with Gasteiger partial charge in [-0.2, -0.15) is 5.26 Å². The Balaban J connectivity index is 0.000000208. The number of benzene rings is 2. The number of aromatic nitrogens is 2. The monoisotopic (exact) mass is 523 g/mol. The van der Waals surface area contributed by atoms with Gasteiger partial charge in [0.25, 0.3) is 0 Å². The van der Waals surface area contributed by atoms with Crippen LogP contribution in [0.1, 0.15) is 22.9 Å². The number of nitrogens with zero attached hydrogens (tertiary/aromatic N) is 3. The van der Waals surface area contributed by atoms with Crippen molar-refractivity contribution in [3.63, 3.8) is 0 Å². The van der Waals surface area contributed by atoms with Gasteiger partial charge >= 0.3 is 0 Å². The van der Waals surface area contributed by atoms with E-state index in [1.807, 2.05) is 16.8 Å². The SMILES string of the molecule is C1CCOC1.N#CCc1nc(-c2ccc(F)cc2)cs1.NCCc1nc(-c2ccc(F)cc2)cs1.[B]. The van der Waals surface area contributed by atoms with Crippen LogP contribution in [0.25, 0.3) is 22.5 Å². The molecule has 0 saturated carbocycles. The van der Waals surface area contributed by atoms with E-state index >= 15 is 0 Å². The van der Waals surface area contributed by atoms with E-state index in [4.69, 9.17) is 15.7 Å². The summed E-state index contributed by atoms with van der Waals surface area (Å²) < 4.78 is 30.3. The first kappa shape index (κ1) is 29.3. The van der Waals surface area contributed by atoms with Crippen molar-refractivity contribution >= 4 is 31.1 Å². The highest BCUT2D eigenvalue weighted by molar-refractivity contribution is 7.10. The molecule has 10 heteroatoms. The summed E-state index contributed by atoms with van der Waals surface area (Å²) in [5.74, 6) is -0.484. The average Bonchev–Trinajstić information content (AvgIpc) is 3.65. The van der Waals surface area contributed by atoms with Crippen molar-refractivity contribution in [2.24, 2.45) is 5.73 Å². The molecule has 5 rings (SSSR count). The molecule has 0 amide bonds. The fourth-order valence-electron chi connectivity index (χ4n) is 3.03. The Morgan fingerprint density at radius 3 is 1.72 bits per heavy atom. The summed E-state index contributed by atoms with van der Waals surface area (Å²) in [6.07, 6.45) is 3.68. The molecule has 0 bridgehead atoms. The highest BCUT2D eigenvalue weighted by atomic mass is 32.1. The van der Waals surface area contributed by atoms with E-state index in [0.717, 1.165) is 52.2 Å². The van der Waals surface area contributed by atoms with Crippen molar-refractivity contribution in [2.45, 2.75) is 25.7 Å². The molecule has 1 aliphatic heterocycles. The molecular formula is C26H26BF2N4OS2. The number of halogens is 2. The number of nitrogens with two attached hydrogens (primary N) is 1. The van der Waals surface area contributed by atoms with E-state index in [9.17, 15) is 8.78 Å². The standard InChI is InChI=1S/C11H11FN2S.C11H7FN2S.C4H8O.B/c2*12-9-3-1-8(2-4-9)10-7-15-11(14-10)5-6-13;1-2-4-5-3-1;/h1-4,7H,5-6,13H2;1-4,7H,5H2;1-4H2;. The third-order valence-electron chi connectivity index (χ3n) is 4.80. The molecular weight excluding hydrogens is 497 g/mol. The Kier molecular flexibility index (Phi) is 12.9. The summed E-state index contributed by atoms with van der Waals surface area (Å²) in [4.78, 5) is 8.69. The zero-order chi connectivity index (χ0) is 24.9. The van der Waals surface area contributed by atoms with Crippen LogP contribution in [0.3, 0.4) is 0 Å². The number of nitriles is 1. The lowest BCUT2D eigenvalue weighted by Crippen LogP contribution is -2.01. The number of thiazole rings is 2. The van der Waals surface area contributed by atoms with Crippen LogP contribution in [0.2, 0.25) is 0 Å². The Morgan fingerprint density at radius 2 is 1.31 bits per heavy atom. The van der Waals surface area contributed by atoms with E-state index in [2.05, 4.69) is 9.97 Å². The maximum Gasteiger partial charge on any atom is 0.123 e. The number of ether oxygens (including phenoxy) is 1. The zero-order valence-corrected chi connectivity index (χ0v) is 21.3. The normalized spacial score (nSPS) is 11.8. The molecule has 1 saturated heterocycles. The van der Waals surface area contributed by atoms with Crippen molar-refractivity contribution in [1.29, 1.82) is 5.26 Å². The van der Waals surface area contributed by atoms with Crippen molar-refractivity contribution in [2.75, 3.05) is 19.8 Å². The lowest BCUT2D eigenvalue weighted by atomic mass is 10.2. The Bertz CT molecular complexity index is 1200. The molecule has 1 fully saturated rings. The molecule has 185 valence electrons. The average molecular weight is 523 g/mol. The maximum absolute atomic E-state index is 12.7. The van der Waals surface area contributed by atoms with Gasteiger partial charge in [0.05, 0.1) is 28.9 Å². The fourth-order valence-corrected chi connectivity index (χ4v) is 4.58. The second-order valence-corrected chi connectivity index (χ2v) is 9.35. The minimum atomic E-state index is -0.258. The van der Waals surface area contributed by atoms with Gasteiger partial charge in [0.1, 0.15) is 16.6 Å². The lowest BCUT2D eigenvalue weighted by molar-refractivity contribution is 0.198. The third kappa shape index (κ3) is 9.59. The van der Waals surface area contributed by atoms with Crippen LogP contribution in [0.15, 0.2) is 59.3 Å². The van der Waals surface area contributed by atoms with Crippen LogP contribution in [0.5, 0.6) is 0 Å². The first-order chi connectivity index (χ1) is 17.1. The Hall–Kier alpha value is -2.97. The van der Waals surface area contributed by atoms with Gasteiger partial charge in [-0.05, 0) is 67.9 Å². The first-order valence-electron chi connectivity index (χ1n) is 11.1.